The van der Waals surface area contributed by atoms with Crippen molar-refractivity contribution in [3.63, 3.8) is 0 Å². The van der Waals surface area contributed by atoms with E-state index in [4.69, 9.17) is 9.16 Å². The molecule has 0 bridgehead atoms. The van der Waals surface area contributed by atoms with Crippen LogP contribution < -0.4 is 0 Å². The second-order valence-electron chi connectivity index (χ2n) is 15.7. The summed E-state index contributed by atoms with van der Waals surface area (Å²) in [6, 6.07) is 0. The number of hydrogen-bond acceptors (Lipinski definition) is 3. The van der Waals surface area contributed by atoms with Gasteiger partial charge in [0.05, 0.1) is 13.2 Å². The third-order valence-corrected chi connectivity index (χ3v) is 16.8. The first-order valence-corrected chi connectivity index (χ1v) is 18.1. The minimum atomic E-state index is -1.89. The highest BCUT2D eigenvalue weighted by Crippen LogP contribution is 2.68. The highest BCUT2D eigenvalue weighted by Gasteiger charge is 2.61. The number of fused-ring (bicyclic) bond motifs is 5. The molecule has 0 radical (unpaired) electrons. The summed E-state index contributed by atoms with van der Waals surface area (Å²) in [5.74, 6) is 2.42. The molecular weight excluding hydrogens is 472 g/mol. The lowest BCUT2D eigenvalue weighted by atomic mass is 9.46. The van der Waals surface area contributed by atoms with Gasteiger partial charge in [0.25, 0.3) is 0 Å². The summed E-state index contributed by atoms with van der Waals surface area (Å²) in [5.41, 5.74) is 4.01. The lowest BCUT2D eigenvalue weighted by molar-refractivity contribution is -0.141. The van der Waals surface area contributed by atoms with Gasteiger partial charge in [-0.15, -0.1) is 0 Å². The van der Waals surface area contributed by atoms with E-state index in [9.17, 15) is 4.79 Å². The van der Waals surface area contributed by atoms with E-state index in [0.717, 1.165) is 6.42 Å². The van der Waals surface area contributed by atoms with E-state index in [2.05, 4.69) is 80.6 Å². The molecule has 7 atom stereocenters. The normalized spacial score (nSPS) is 38.0. The zero-order valence-corrected chi connectivity index (χ0v) is 26.9. The summed E-state index contributed by atoms with van der Waals surface area (Å²) in [7, 11) is -0.384. The fourth-order valence-electron chi connectivity index (χ4n) is 9.04. The Labute approximate surface area is 229 Å². The topological polar surface area (TPSA) is 35.5 Å². The van der Waals surface area contributed by atoms with Crippen LogP contribution in [0, 0.1) is 39.9 Å². The van der Waals surface area contributed by atoms with Gasteiger partial charge < -0.3 is 9.16 Å². The third kappa shape index (κ3) is 4.75. The Morgan fingerprint density at radius 2 is 1.70 bits per heavy atom. The summed E-state index contributed by atoms with van der Waals surface area (Å²) < 4.78 is 12.3. The van der Waals surface area contributed by atoms with Crippen molar-refractivity contribution in [1.82, 2.24) is 0 Å². The number of allylic oxidation sites excluding steroid dienone is 3. The van der Waals surface area contributed by atoms with Gasteiger partial charge in [-0.25, -0.2) is 0 Å². The molecule has 4 rings (SSSR count). The van der Waals surface area contributed by atoms with Gasteiger partial charge >= 0.3 is 5.97 Å². The maximum absolute atomic E-state index is 11.8. The Morgan fingerprint density at radius 3 is 2.32 bits per heavy atom. The summed E-state index contributed by atoms with van der Waals surface area (Å²) >= 11 is 0. The summed E-state index contributed by atoms with van der Waals surface area (Å²) in [6.07, 6.45) is 14.4. The van der Waals surface area contributed by atoms with Gasteiger partial charge in [-0.3, -0.25) is 4.79 Å². The molecule has 210 valence electrons. The van der Waals surface area contributed by atoms with E-state index >= 15 is 0 Å². The predicted molar refractivity (Wildman–Crippen MR) is 157 cm³/mol. The molecule has 1 unspecified atom stereocenters. The number of rotatable bonds is 6. The quantitative estimate of drug-likeness (QED) is 0.255. The molecule has 3 saturated carbocycles. The first-order chi connectivity index (χ1) is 17.0. The van der Waals surface area contributed by atoms with Crippen molar-refractivity contribution in [2.75, 3.05) is 7.11 Å². The number of carbonyl (C=O) groups is 1. The molecule has 4 aliphatic carbocycles. The molecular formula is C33H56O3Si. The lowest BCUT2D eigenvalue weighted by Gasteiger charge is -2.61. The van der Waals surface area contributed by atoms with Gasteiger partial charge in [-0.2, -0.15) is 0 Å². The van der Waals surface area contributed by atoms with E-state index in [0.29, 0.717) is 41.6 Å². The van der Waals surface area contributed by atoms with Crippen LogP contribution in [0.1, 0.15) is 107 Å². The van der Waals surface area contributed by atoms with Crippen LogP contribution in [0.25, 0.3) is 0 Å². The average molecular weight is 529 g/mol. The Hall–Kier alpha value is -0.873. The number of ether oxygens (including phenoxy) is 1. The fourth-order valence-corrected chi connectivity index (χ4v) is 10.5. The van der Waals surface area contributed by atoms with E-state index in [1.807, 2.05) is 0 Å². The van der Waals surface area contributed by atoms with Gasteiger partial charge in [0, 0.05) is 11.8 Å². The van der Waals surface area contributed by atoms with E-state index in [1.54, 1.807) is 11.1 Å². The number of esters is 1. The molecule has 0 N–H and O–H groups in total. The van der Waals surface area contributed by atoms with E-state index in [-0.39, 0.29) is 21.8 Å². The van der Waals surface area contributed by atoms with Crippen LogP contribution in [0.2, 0.25) is 18.1 Å². The smallest absolute Gasteiger partial charge is 0.305 e. The first kappa shape index (κ1) is 29.1. The maximum Gasteiger partial charge on any atom is 0.305 e. The Morgan fingerprint density at radius 1 is 1.03 bits per heavy atom. The van der Waals surface area contributed by atoms with Gasteiger partial charge in [0.1, 0.15) is 0 Å². The molecule has 0 saturated heterocycles. The molecule has 0 amide bonds. The van der Waals surface area contributed by atoms with Crippen molar-refractivity contribution in [1.29, 1.82) is 0 Å². The SMILES string of the molecule is COC(=O)CC[C@@H](C)[C@H]1CC[C@H]2C3=CC=C4C(C)(C)CCC(O[Si](C)(C)C(C)(C)C)[C@]4(C)[C@H]3CC[C@]12C. The standard InChI is InChI=1S/C33H56O3Si/c1-22(12-17-29(34)35-9)24-14-15-25-23-13-16-27-31(5,6)20-19-28(36-37(10,11)30(2,3)4)33(27,8)26(23)18-21-32(24,25)7/h13,16,22,24-26,28H,12,14-15,17-21H2,1-11H3/t22-,24-,25+,26+,28?,32-,33-/m1/s1. The first-order valence-electron chi connectivity index (χ1n) is 15.2. The van der Waals surface area contributed by atoms with Crippen LogP contribution in [-0.4, -0.2) is 27.5 Å². The molecule has 0 aliphatic heterocycles. The summed E-state index contributed by atoms with van der Waals surface area (Å²) in [4.78, 5) is 11.8. The molecule has 4 heteroatoms. The molecule has 0 aromatic carbocycles. The summed E-state index contributed by atoms with van der Waals surface area (Å²) in [6.45, 7) is 24.5. The maximum atomic E-state index is 11.8. The number of hydrogen-bond donors (Lipinski definition) is 0. The molecule has 0 aromatic rings. The van der Waals surface area contributed by atoms with Crippen molar-refractivity contribution in [2.45, 2.75) is 131 Å². The van der Waals surface area contributed by atoms with Crippen molar-refractivity contribution < 1.29 is 14.0 Å². The molecule has 3 fully saturated rings. The Balaban J connectivity index is 1.66. The van der Waals surface area contributed by atoms with Crippen LogP contribution in [0.5, 0.6) is 0 Å². The van der Waals surface area contributed by atoms with Crippen LogP contribution >= 0.6 is 0 Å². The summed E-state index contributed by atoms with van der Waals surface area (Å²) in [5, 5.41) is 0.220. The van der Waals surface area contributed by atoms with Gasteiger partial charge in [0.2, 0.25) is 0 Å². The zero-order valence-electron chi connectivity index (χ0n) is 25.9. The van der Waals surface area contributed by atoms with Crippen molar-refractivity contribution in [3.8, 4) is 0 Å². The molecule has 37 heavy (non-hydrogen) atoms. The molecule has 3 nitrogen and oxygen atoms in total. The lowest BCUT2D eigenvalue weighted by Crippen LogP contribution is -2.57. The second kappa shape index (κ2) is 9.65. The fraction of sp³-hybridized carbons (Fsp3) is 0.848. The van der Waals surface area contributed by atoms with Crippen LogP contribution in [0.3, 0.4) is 0 Å². The number of carbonyl (C=O) groups excluding carboxylic acids is 1. The Kier molecular flexibility index (Phi) is 7.59. The van der Waals surface area contributed by atoms with Crippen molar-refractivity contribution in [2.24, 2.45) is 39.9 Å². The molecule has 4 aliphatic rings. The highest BCUT2D eigenvalue weighted by molar-refractivity contribution is 6.74. The van der Waals surface area contributed by atoms with Gasteiger partial charge in [-0.05, 0) is 97.6 Å². The Bertz CT molecular complexity index is 953. The third-order valence-electron chi connectivity index (χ3n) is 12.3. The van der Waals surface area contributed by atoms with Crippen LogP contribution in [0.4, 0.5) is 0 Å². The largest absolute Gasteiger partial charge is 0.469 e. The zero-order chi connectivity index (χ0) is 27.6. The second-order valence-corrected chi connectivity index (χ2v) is 20.5. The van der Waals surface area contributed by atoms with Crippen molar-refractivity contribution >= 4 is 14.3 Å². The average Bonchev–Trinajstić information content (AvgIpc) is 3.15. The van der Waals surface area contributed by atoms with Gasteiger partial charge in [0.15, 0.2) is 8.32 Å². The highest BCUT2D eigenvalue weighted by atomic mass is 28.4. The monoisotopic (exact) mass is 528 g/mol. The van der Waals surface area contributed by atoms with Crippen molar-refractivity contribution in [3.05, 3.63) is 23.3 Å². The number of methoxy groups -OCH3 is 1. The van der Waals surface area contributed by atoms with E-state index in [1.165, 1.54) is 45.6 Å². The molecule has 0 aromatic heterocycles. The molecule has 0 spiro atoms. The minimum absolute atomic E-state index is 0.0662. The van der Waals surface area contributed by atoms with Crippen LogP contribution in [0.15, 0.2) is 23.3 Å². The predicted octanol–water partition coefficient (Wildman–Crippen LogP) is 9.10. The molecule has 0 heterocycles. The van der Waals surface area contributed by atoms with E-state index < -0.39 is 8.32 Å². The van der Waals surface area contributed by atoms with Crippen LogP contribution in [-0.2, 0) is 14.0 Å². The minimum Gasteiger partial charge on any atom is -0.469 e. The van der Waals surface area contributed by atoms with Gasteiger partial charge in [-0.1, -0.05) is 78.7 Å².